The summed E-state index contributed by atoms with van der Waals surface area (Å²) in [5.41, 5.74) is 0. The Morgan fingerprint density at radius 2 is 1.38 bits per heavy atom. The van der Waals surface area contributed by atoms with Crippen molar-refractivity contribution in [2.75, 3.05) is 14.1 Å². The van der Waals surface area contributed by atoms with E-state index in [0.717, 1.165) is 0 Å². The number of rotatable bonds is 1. The molecule has 0 saturated carbocycles. The summed E-state index contributed by atoms with van der Waals surface area (Å²) >= 11 is 0. The van der Waals surface area contributed by atoms with Crippen LogP contribution in [0, 0.1) is 0 Å². The molecule has 2 N–H and O–H groups in total. The Hall–Kier alpha value is 0.400. The smallest absolute Gasteiger partial charge is 0.100 e. The largest absolute Gasteiger partial charge is 1.00 e. The summed E-state index contributed by atoms with van der Waals surface area (Å²) in [6.07, 6.45) is 0. The summed E-state index contributed by atoms with van der Waals surface area (Å²) in [5.74, 6) is 5.62. The van der Waals surface area contributed by atoms with Crippen LogP contribution in [0.15, 0.2) is 0 Å². The lowest BCUT2D eigenvalue weighted by atomic mass is 10.3. The average molecular weight is 183 g/mol. The van der Waals surface area contributed by atoms with Crippen molar-refractivity contribution in [3.05, 3.63) is 0 Å². The second kappa shape index (κ2) is 3.43. The highest BCUT2D eigenvalue weighted by molar-refractivity contribution is 4.30. The van der Waals surface area contributed by atoms with Gasteiger partial charge in [-0.2, -0.15) is 5.84 Å². The maximum Gasteiger partial charge on any atom is 0.100 e. The zero-order valence-electron chi connectivity index (χ0n) is 5.98. The van der Waals surface area contributed by atoms with Gasteiger partial charge in [-0.05, 0) is 13.8 Å². The van der Waals surface area contributed by atoms with E-state index in [1.54, 1.807) is 0 Å². The van der Waals surface area contributed by atoms with E-state index >= 15 is 0 Å². The van der Waals surface area contributed by atoms with Gasteiger partial charge in [0.15, 0.2) is 0 Å². The third kappa shape index (κ3) is 4.56. The van der Waals surface area contributed by atoms with Gasteiger partial charge < -0.3 is 17.0 Å². The van der Waals surface area contributed by atoms with Crippen molar-refractivity contribution in [1.82, 2.24) is 0 Å². The van der Waals surface area contributed by atoms with Crippen LogP contribution in [-0.4, -0.2) is 24.7 Å². The van der Waals surface area contributed by atoms with Gasteiger partial charge in [0.25, 0.3) is 0 Å². The van der Waals surface area contributed by atoms with Crippen LogP contribution in [0.2, 0.25) is 0 Å². The van der Waals surface area contributed by atoms with Crippen molar-refractivity contribution in [2.45, 2.75) is 19.9 Å². The lowest BCUT2D eigenvalue weighted by Crippen LogP contribution is -3.00. The Morgan fingerprint density at radius 1 is 1.25 bits per heavy atom. The molecule has 0 spiro atoms. The zero-order chi connectivity index (χ0) is 6.08. The van der Waals surface area contributed by atoms with E-state index in [1.807, 2.05) is 14.1 Å². The molecule has 0 aromatic rings. The van der Waals surface area contributed by atoms with E-state index in [2.05, 4.69) is 13.8 Å². The van der Waals surface area contributed by atoms with Gasteiger partial charge in [0.1, 0.15) is 6.04 Å². The fourth-order valence-electron chi connectivity index (χ4n) is 0. The minimum absolute atomic E-state index is 0. The Bertz CT molecular complexity index is 55.9. The minimum Gasteiger partial charge on any atom is -1.00 e. The van der Waals surface area contributed by atoms with Crippen LogP contribution in [-0.2, 0) is 0 Å². The van der Waals surface area contributed by atoms with Crippen LogP contribution in [0.3, 0.4) is 0 Å². The zero-order valence-corrected chi connectivity index (χ0v) is 7.57. The lowest BCUT2D eigenvalue weighted by molar-refractivity contribution is -0.922. The molecule has 0 saturated heterocycles. The highest BCUT2D eigenvalue weighted by Crippen LogP contribution is 1.93. The predicted molar refractivity (Wildman–Crippen MR) is 31.4 cm³/mol. The Labute approximate surface area is 62.0 Å². The molecule has 0 radical (unpaired) electrons. The predicted octanol–water partition coefficient (Wildman–Crippen LogP) is -2.65. The van der Waals surface area contributed by atoms with Crippen molar-refractivity contribution in [1.29, 1.82) is 0 Å². The van der Waals surface area contributed by atoms with Crippen molar-refractivity contribution < 1.29 is 21.6 Å². The summed E-state index contributed by atoms with van der Waals surface area (Å²) in [5, 5.41) is 0. The molecule has 2 nitrogen and oxygen atoms in total. The summed E-state index contributed by atoms with van der Waals surface area (Å²) < 4.78 is 0.556. The molecule has 0 aromatic heterocycles. The summed E-state index contributed by atoms with van der Waals surface area (Å²) in [6, 6.07) is 0.514. The topological polar surface area (TPSA) is 26.0 Å². The number of halogens is 1. The molecule has 8 heavy (non-hydrogen) atoms. The first-order valence-corrected chi connectivity index (χ1v) is 2.57. The molecular formula is C5H15BrN2. The number of hydrogen-bond acceptors (Lipinski definition) is 1. The summed E-state index contributed by atoms with van der Waals surface area (Å²) in [7, 11) is 3.95. The van der Waals surface area contributed by atoms with Crippen molar-refractivity contribution in [3.8, 4) is 0 Å². The van der Waals surface area contributed by atoms with Gasteiger partial charge in [-0.25, -0.2) is 0 Å². The van der Waals surface area contributed by atoms with Crippen LogP contribution in [0.25, 0.3) is 0 Å². The van der Waals surface area contributed by atoms with Crippen molar-refractivity contribution in [2.24, 2.45) is 5.84 Å². The minimum atomic E-state index is 0. The fourth-order valence-corrected chi connectivity index (χ4v) is 0. The molecule has 0 rings (SSSR count). The fraction of sp³-hybridized carbons (Fsp3) is 1.00. The van der Waals surface area contributed by atoms with E-state index in [1.165, 1.54) is 0 Å². The molecule has 52 valence electrons. The number of nitrogens with two attached hydrogens (primary N) is 1. The maximum atomic E-state index is 5.62. The number of nitrogens with zero attached hydrogens (tertiary/aromatic N) is 1. The lowest BCUT2D eigenvalue weighted by Gasteiger charge is -2.26. The second-order valence-electron chi connectivity index (χ2n) is 2.72. The standard InChI is InChI=1S/C5H15N2.BrH/c1-5(2)7(3,4)6;/h5H,6H2,1-4H3;1H/q+1;/p-1. The van der Waals surface area contributed by atoms with E-state index < -0.39 is 0 Å². The molecule has 3 heteroatoms. The van der Waals surface area contributed by atoms with Crippen LogP contribution in [0.4, 0.5) is 0 Å². The number of hydrogen-bond donors (Lipinski definition) is 1. The van der Waals surface area contributed by atoms with Gasteiger partial charge in [0.05, 0.1) is 14.1 Å². The number of quaternary nitrogens is 1. The highest BCUT2D eigenvalue weighted by atomic mass is 79.9. The van der Waals surface area contributed by atoms with E-state index in [4.69, 9.17) is 5.84 Å². The SMILES string of the molecule is CC(C)[N+](C)(C)N.[Br-]. The Morgan fingerprint density at radius 3 is 1.38 bits per heavy atom. The van der Waals surface area contributed by atoms with Crippen molar-refractivity contribution >= 4 is 0 Å². The molecule has 0 aliphatic carbocycles. The first kappa shape index (κ1) is 11.2. The van der Waals surface area contributed by atoms with E-state index in [-0.39, 0.29) is 17.0 Å². The quantitative estimate of drug-likeness (QED) is 0.268. The highest BCUT2D eigenvalue weighted by Gasteiger charge is 2.11. The van der Waals surface area contributed by atoms with Gasteiger partial charge in [0.2, 0.25) is 0 Å². The van der Waals surface area contributed by atoms with Gasteiger partial charge in [-0.15, -0.1) is 0 Å². The van der Waals surface area contributed by atoms with Gasteiger partial charge >= 0.3 is 0 Å². The van der Waals surface area contributed by atoms with Gasteiger partial charge in [-0.3, -0.25) is 4.59 Å². The van der Waals surface area contributed by atoms with Gasteiger partial charge in [0, 0.05) is 0 Å². The Kier molecular flexibility index (Phi) is 4.82. The molecule has 0 fully saturated rings. The third-order valence-corrected chi connectivity index (χ3v) is 1.33. The first-order valence-electron chi connectivity index (χ1n) is 2.57. The monoisotopic (exact) mass is 182 g/mol. The molecule has 0 aliphatic heterocycles. The molecule has 0 unspecified atom stereocenters. The molecule has 0 aromatic carbocycles. The molecule has 0 bridgehead atoms. The normalized spacial score (nSPS) is 11.2. The maximum absolute atomic E-state index is 5.62. The van der Waals surface area contributed by atoms with Crippen LogP contribution in [0.1, 0.15) is 13.8 Å². The van der Waals surface area contributed by atoms with Crippen LogP contribution >= 0.6 is 0 Å². The molecule has 0 aliphatic rings. The molecule has 0 amide bonds. The van der Waals surface area contributed by atoms with Crippen LogP contribution in [0.5, 0.6) is 0 Å². The van der Waals surface area contributed by atoms with Crippen LogP contribution < -0.4 is 22.8 Å². The molecular weight excluding hydrogens is 168 g/mol. The van der Waals surface area contributed by atoms with Crippen molar-refractivity contribution in [3.63, 3.8) is 0 Å². The third-order valence-electron chi connectivity index (χ3n) is 1.33. The molecule has 0 atom stereocenters. The summed E-state index contributed by atoms with van der Waals surface area (Å²) in [6.45, 7) is 4.19. The average Bonchev–Trinajstić information content (AvgIpc) is 1.31. The first-order chi connectivity index (χ1) is 2.94. The van der Waals surface area contributed by atoms with E-state index in [9.17, 15) is 0 Å². The second-order valence-corrected chi connectivity index (χ2v) is 2.72. The Balaban J connectivity index is 0. The summed E-state index contributed by atoms with van der Waals surface area (Å²) in [4.78, 5) is 0. The van der Waals surface area contributed by atoms with Gasteiger partial charge in [-0.1, -0.05) is 0 Å². The molecule has 0 heterocycles. The van der Waals surface area contributed by atoms with E-state index in [0.29, 0.717) is 10.6 Å².